The summed E-state index contributed by atoms with van der Waals surface area (Å²) in [6, 6.07) is 11.4. The summed E-state index contributed by atoms with van der Waals surface area (Å²) >= 11 is 6.44. The van der Waals surface area contributed by atoms with Crippen molar-refractivity contribution in [1.29, 1.82) is 0 Å². The van der Waals surface area contributed by atoms with Crippen molar-refractivity contribution in [2.75, 3.05) is 6.61 Å². The fraction of sp³-hybridized carbons (Fsp3) is 0.514. The van der Waals surface area contributed by atoms with Gasteiger partial charge >= 0.3 is 12.3 Å². The van der Waals surface area contributed by atoms with E-state index in [2.05, 4.69) is 46.4 Å². The molecule has 2 aliphatic carbocycles. The lowest BCUT2D eigenvalue weighted by atomic mass is 9.76. The first-order valence-corrected chi connectivity index (χ1v) is 18.2. The van der Waals surface area contributed by atoms with Crippen molar-refractivity contribution in [3.63, 3.8) is 0 Å². The number of halogens is 6. The van der Waals surface area contributed by atoms with Crippen LogP contribution in [-0.4, -0.2) is 71.6 Å². The molecule has 1 unspecified atom stereocenters. The van der Waals surface area contributed by atoms with Crippen LogP contribution in [0.2, 0.25) is 5.02 Å². The number of aromatic nitrogens is 6. The Morgan fingerprint density at radius 2 is 1.78 bits per heavy atom. The molecule has 0 spiro atoms. The largest absolute Gasteiger partial charge is 0.447 e. The quantitative estimate of drug-likeness (QED) is 0.0703. The van der Waals surface area contributed by atoms with Crippen molar-refractivity contribution in [1.82, 2.24) is 45.3 Å². The van der Waals surface area contributed by atoms with E-state index in [0.29, 0.717) is 18.9 Å². The number of carbonyl (C=O) groups is 2. The third kappa shape index (κ3) is 8.93. The molecule has 3 atom stereocenters. The summed E-state index contributed by atoms with van der Waals surface area (Å²) < 4.78 is 74.9. The third-order valence-electron chi connectivity index (χ3n) is 9.90. The summed E-state index contributed by atoms with van der Waals surface area (Å²) in [5, 5.41) is 18.5. The Hall–Kier alpha value is -4.64. The number of hydrogen-bond donors (Lipinski definition) is 2. The highest BCUT2D eigenvalue weighted by Gasteiger charge is 2.64. The second-order valence-electron chi connectivity index (χ2n) is 15.7. The summed E-state index contributed by atoms with van der Waals surface area (Å²) in [7, 11) is 0. The topological polar surface area (TPSA) is 132 Å². The molecule has 18 heteroatoms. The Morgan fingerprint density at radius 3 is 2.36 bits per heavy atom. The van der Waals surface area contributed by atoms with E-state index in [1.54, 1.807) is 17.9 Å². The summed E-state index contributed by atoms with van der Waals surface area (Å²) in [5.41, 5.74) is -0.593. The van der Waals surface area contributed by atoms with E-state index < -0.39 is 54.4 Å². The van der Waals surface area contributed by atoms with Crippen LogP contribution in [0.25, 0.3) is 16.9 Å². The van der Waals surface area contributed by atoms with Gasteiger partial charge < -0.3 is 15.0 Å². The molecule has 0 radical (unpaired) electrons. The highest BCUT2D eigenvalue weighted by molar-refractivity contribution is 6.32. The SMILES string of the molecule is CC(N[C@](C)(CC(C)(C)C)c1ccc(-c2cnn(C3CC3)n2)cc1)N(C=O)[C@H](COC(=O)NC1(C(F)(F)F)CC1)c1ccc(Cl)c(-n2ncnc2C(F)F)c1. The van der Waals surface area contributed by atoms with Gasteiger partial charge in [0, 0.05) is 11.1 Å². The Bertz CT molecular complexity index is 1990. The number of nitrogens with zero attached hydrogens (tertiary/aromatic N) is 7. The zero-order chi connectivity index (χ0) is 39.9. The molecule has 2 aliphatic rings. The number of hydrogen-bond acceptors (Lipinski definition) is 8. The van der Waals surface area contributed by atoms with E-state index in [1.165, 1.54) is 23.1 Å². The molecule has 2 heterocycles. The Labute approximate surface area is 319 Å². The number of ether oxygens (including phenoxy) is 1. The normalized spacial score (nSPS) is 17.7. The summed E-state index contributed by atoms with van der Waals surface area (Å²) in [6.07, 6.45) is -4.51. The zero-order valence-electron chi connectivity index (χ0n) is 30.9. The number of rotatable bonds is 15. The van der Waals surface area contributed by atoms with Gasteiger partial charge in [0.25, 0.3) is 6.43 Å². The van der Waals surface area contributed by atoms with Crippen LogP contribution in [-0.2, 0) is 15.1 Å². The van der Waals surface area contributed by atoms with Crippen LogP contribution >= 0.6 is 11.6 Å². The van der Waals surface area contributed by atoms with Crippen molar-refractivity contribution < 1.29 is 36.3 Å². The molecular formula is C37H43ClF5N9O3. The Morgan fingerprint density at radius 1 is 1.09 bits per heavy atom. The summed E-state index contributed by atoms with van der Waals surface area (Å²) in [5.74, 6) is -0.688. The lowest BCUT2D eigenvalue weighted by Crippen LogP contribution is -2.55. The number of alkyl carbamates (subject to hydrolysis) is 1. The number of amides is 2. The van der Waals surface area contributed by atoms with E-state index in [0.717, 1.165) is 40.7 Å². The molecule has 2 N–H and O–H groups in total. The third-order valence-corrected chi connectivity index (χ3v) is 10.2. The molecule has 0 saturated heterocycles. The van der Waals surface area contributed by atoms with Gasteiger partial charge in [0.2, 0.25) is 6.41 Å². The number of alkyl halides is 5. The van der Waals surface area contributed by atoms with E-state index in [-0.39, 0.29) is 34.5 Å². The predicted octanol–water partition coefficient (Wildman–Crippen LogP) is 8.06. The smallest absolute Gasteiger partial charge is 0.411 e. The van der Waals surface area contributed by atoms with Crippen LogP contribution in [0.15, 0.2) is 55.0 Å². The zero-order valence-corrected chi connectivity index (χ0v) is 31.7. The van der Waals surface area contributed by atoms with Crippen LogP contribution in [0.3, 0.4) is 0 Å². The van der Waals surface area contributed by atoms with Crippen molar-refractivity contribution >= 4 is 24.1 Å². The monoisotopic (exact) mass is 791 g/mol. The van der Waals surface area contributed by atoms with Gasteiger partial charge in [-0.3, -0.25) is 10.1 Å². The second kappa shape index (κ2) is 15.1. The van der Waals surface area contributed by atoms with Crippen molar-refractivity contribution in [2.24, 2.45) is 5.41 Å². The standard InChI is InChI=1S/C37H43ClF5N9O3/c1-22(47-35(5,19-34(2,3)4)25-9-6-23(7-10-25)28-17-45-52(49-28)26-11-12-26)50(21-53)30(18-55-33(54)48-36(14-15-36)37(41,42)43)24-8-13-27(38)29(16-24)51-32(31(39)40)44-20-46-51/h6-10,13,16-17,20-22,26,30-31,47H,11-12,14-15,18-19H2,1-5H3,(H,48,54)/t22?,30-,35-/m1/s1. The molecular weight excluding hydrogens is 749 g/mol. The van der Waals surface area contributed by atoms with Crippen molar-refractivity contribution in [2.45, 2.75) is 109 Å². The number of nitrogens with one attached hydrogen (secondary N) is 2. The van der Waals surface area contributed by atoms with Crippen LogP contribution in [0, 0.1) is 5.41 Å². The molecule has 2 aromatic heterocycles. The second-order valence-corrected chi connectivity index (χ2v) is 16.1. The van der Waals surface area contributed by atoms with E-state index in [1.807, 2.05) is 36.5 Å². The van der Waals surface area contributed by atoms with E-state index in [9.17, 15) is 31.5 Å². The molecule has 0 bridgehead atoms. The van der Waals surface area contributed by atoms with Crippen LogP contribution in [0.1, 0.15) is 102 Å². The lowest BCUT2D eigenvalue weighted by molar-refractivity contribution is -0.164. The maximum absolute atomic E-state index is 13.8. The molecule has 55 heavy (non-hydrogen) atoms. The van der Waals surface area contributed by atoms with E-state index >= 15 is 0 Å². The first-order valence-electron chi connectivity index (χ1n) is 17.9. The van der Waals surface area contributed by atoms with Gasteiger partial charge in [-0.25, -0.2) is 23.2 Å². The van der Waals surface area contributed by atoms with Gasteiger partial charge in [0.1, 0.15) is 24.2 Å². The van der Waals surface area contributed by atoms with Gasteiger partial charge in [0.15, 0.2) is 5.82 Å². The van der Waals surface area contributed by atoms with Crippen LogP contribution in [0.4, 0.5) is 26.7 Å². The minimum atomic E-state index is -4.69. The molecule has 2 saturated carbocycles. The maximum Gasteiger partial charge on any atom is 0.411 e. The molecule has 2 amide bonds. The Kier molecular flexibility index (Phi) is 11.0. The summed E-state index contributed by atoms with van der Waals surface area (Å²) in [6.45, 7) is 9.36. The predicted molar refractivity (Wildman–Crippen MR) is 192 cm³/mol. The number of benzene rings is 2. The maximum atomic E-state index is 13.8. The molecule has 6 rings (SSSR count). The highest BCUT2D eigenvalue weighted by Crippen LogP contribution is 2.49. The van der Waals surface area contributed by atoms with Crippen LogP contribution < -0.4 is 10.6 Å². The lowest BCUT2D eigenvalue weighted by Gasteiger charge is -2.43. The number of carbonyl (C=O) groups excluding carboxylic acids is 2. The first kappa shape index (κ1) is 40.0. The first-order chi connectivity index (χ1) is 25.8. The van der Waals surface area contributed by atoms with E-state index in [4.69, 9.17) is 16.3 Å². The average molecular weight is 792 g/mol. The fourth-order valence-corrected chi connectivity index (χ4v) is 7.19. The van der Waals surface area contributed by atoms with Crippen molar-refractivity contribution in [3.05, 3.63) is 77.0 Å². The average Bonchev–Trinajstić information content (AvgIpc) is 4.00. The van der Waals surface area contributed by atoms with Gasteiger partial charge in [-0.2, -0.15) is 33.3 Å². The highest BCUT2D eigenvalue weighted by atomic mass is 35.5. The molecule has 12 nitrogen and oxygen atoms in total. The van der Waals surface area contributed by atoms with Gasteiger partial charge in [-0.15, -0.1) is 0 Å². The molecule has 296 valence electrons. The Balaban J connectivity index is 1.31. The molecule has 2 aromatic carbocycles. The van der Waals surface area contributed by atoms with Crippen LogP contribution in [0.5, 0.6) is 0 Å². The molecule has 0 aliphatic heterocycles. The fourth-order valence-electron chi connectivity index (χ4n) is 6.99. The van der Waals surface area contributed by atoms with Gasteiger partial charge in [0.05, 0.1) is 35.2 Å². The summed E-state index contributed by atoms with van der Waals surface area (Å²) in [4.78, 5) is 32.6. The molecule has 2 fully saturated rings. The van der Waals surface area contributed by atoms with Crippen molar-refractivity contribution in [3.8, 4) is 16.9 Å². The minimum absolute atomic E-state index is 0.00305. The van der Waals surface area contributed by atoms with Gasteiger partial charge in [-0.1, -0.05) is 62.7 Å². The van der Waals surface area contributed by atoms with Gasteiger partial charge in [-0.05, 0) is 74.6 Å². The molecule has 4 aromatic rings. The minimum Gasteiger partial charge on any atom is -0.447 e.